The first-order chi connectivity index (χ1) is 13.3. The third-order valence-electron chi connectivity index (χ3n) is 4.40. The Morgan fingerprint density at radius 1 is 1.14 bits per heavy atom. The predicted molar refractivity (Wildman–Crippen MR) is 104 cm³/mol. The Morgan fingerprint density at radius 2 is 1.90 bits per heavy atom. The first-order valence-electron chi connectivity index (χ1n) is 8.64. The van der Waals surface area contributed by atoms with Crippen molar-refractivity contribution in [1.29, 1.82) is 0 Å². The van der Waals surface area contributed by atoms with Crippen LogP contribution in [0.3, 0.4) is 0 Å². The van der Waals surface area contributed by atoms with Crippen molar-refractivity contribution in [2.75, 3.05) is 6.61 Å². The number of H-pyrrole nitrogens is 1. The summed E-state index contributed by atoms with van der Waals surface area (Å²) in [6.07, 6.45) is -1.98. The molecule has 1 unspecified atom stereocenters. The van der Waals surface area contributed by atoms with E-state index in [1.807, 2.05) is 6.92 Å². The fourth-order valence-electron chi connectivity index (χ4n) is 2.85. The summed E-state index contributed by atoms with van der Waals surface area (Å²) in [4.78, 5) is 3.02. The van der Waals surface area contributed by atoms with Gasteiger partial charge in [0.05, 0.1) is 0 Å². The second kappa shape index (κ2) is 9.45. The molecular formula is C20H20ClF5N2O. The van der Waals surface area contributed by atoms with Crippen LogP contribution in [0.5, 0.6) is 5.75 Å². The number of aromatic amines is 1. The summed E-state index contributed by atoms with van der Waals surface area (Å²) in [5.41, 5.74) is 2.40. The summed E-state index contributed by atoms with van der Waals surface area (Å²) in [7, 11) is 0. The molecule has 0 spiro atoms. The molecule has 0 bridgehead atoms. The van der Waals surface area contributed by atoms with Crippen LogP contribution < -0.4 is 10.1 Å². The SMILES string of the molecule is CC(NCc1cccc(OCC(F)(F)C(F)F)c1)c1c[nH]c2cc(F)ccc12.Cl. The number of hydrogen-bond donors (Lipinski definition) is 2. The fraction of sp³-hybridized carbons (Fsp3) is 0.300. The minimum absolute atomic E-state index is 0. The minimum atomic E-state index is -4.20. The highest BCUT2D eigenvalue weighted by molar-refractivity contribution is 5.85. The molecule has 0 aliphatic heterocycles. The Hall–Kier alpha value is -2.32. The lowest BCUT2D eigenvalue weighted by atomic mass is 10.1. The molecule has 1 aromatic heterocycles. The standard InChI is InChI=1S/C20H19F5N2O.ClH/c1-12(17-10-27-18-8-14(21)5-6-16(17)18)26-9-13-3-2-4-15(7-13)28-11-20(24,25)19(22)23;/h2-8,10,12,19,26-27H,9,11H2,1H3;1H. The summed E-state index contributed by atoms with van der Waals surface area (Å²) in [6, 6.07) is 10.8. The average molecular weight is 435 g/mol. The van der Waals surface area contributed by atoms with Gasteiger partial charge in [0.2, 0.25) is 0 Å². The number of hydrogen-bond acceptors (Lipinski definition) is 2. The molecule has 1 heterocycles. The van der Waals surface area contributed by atoms with Gasteiger partial charge in [-0.25, -0.2) is 13.2 Å². The normalized spacial score (nSPS) is 12.8. The number of nitrogens with one attached hydrogen (secondary N) is 2. The van der Waals surface area contributed by atoms with E-state index in [9.17, 15) is 22.0 Å². The molecule has 9 heteroatoms. The van der Waals surface area contributed by atoms with Crippen LogP contribution in [0.15, 0.2) is 48.7 Å². The summed E-state index contributed by atoms with van der Waals surface area (Å²) >= 11 is 0. The number of fused-ring (bicyclic) bond motifs is 1. The largest absolute Gasteiger partial charge is 0.487 e. The van der Waals surface area contributed by atoms with E-state index in [-0.39, 0.29) is 30.0 Å². The summed E-state index contributed by atoms with van der Waals surface area (Å²) in [5, 5.41) is 4.18. The molecule has 0 amide bonds. The molecule has 3 rings (SSSR count). The number of rotatable bonds is 8. The van der Waals surface area contributed by atoms with E-state index >= 15 is 0 Å². The molecule has 1 atom stereocenters. The molecule has 0 fully saturated rings. The van der Waals surface area contributed by atoms with Gasteiger partial charge in [-0.05, 0) is 48.4 Å². The Kier molecular flexibility index (Phi) is 7.48. The molecule has 158 valence electrons. The zero-order valence-corrected chi connectivity index (χ0v) is 16.2. The van der Waals surface area contributed by atoms with E-state index in [4.69, 9.17) is 4.74 Å². The highest BCUT2D eigenvalue weighted by Crippen LogP contribution is 2.26. The third-order valence-corrected chi connectivity index (χ3v) is 4.40. The zero-order chi connectivity index (χ0) is 20.3. The highest BCUT2D eigenvalue weighted by Gasteiger charge is 2.41. The van der Waals surface area contributed by atoms with E-state index in [1.165, 1.54) is 24.3 Å². The first kappa shape index (κ1) is 23.0. The molecular weight excluding hydrogens is 415 g/mol. The first-order valence-corrected chi connectivity index (χ1v) is 8.64. The third kappa shape index (κ3) is 5.61. The lowest BCUT2D eigenvalue weighted by molar-refractivity contribution is -0.148. The van der Waals surface area contributed by atoms with Crippen LogP contribution in [0, 0.1) is 5.82 Å². The van der Waals surface area contributed by atoms with Gasteiger partial charge in [-0.1, -0.05) is 12.1 Å². The zero-order valence-electron chi connectivity index (χ0n) is 15.4. The molecule has 0 saturated carbocycles. The maximum Gasteiger partial charge on any atom is 0.340 e. The van der Waals surface area contributed by atoms with Gasteiger partial charge in [-0.15, -0.1) is 12.4 Å². The number of benzene rings is 2. The molecule has 2 N–H and O–H groups in total. The molecule has 3 nitrogen and oxygen atoms in total. The Labute approximate surface area is 170 Å². The van der Waals surface area contributed by atoms with Gasteiger partial charge < -0.3 is 15.0 Å². The highest BCUT2D eigenvalue weighted by atomic mass is 35.5. The lowest BCUT2D eigenvalue weighted by Crippen LogP contribution is -2.33. The van der Waals surface area contributed by atoms with Crippen molar-refractivity contribution in [3.63, 3.8) is 0 Å². The molecule has 0 saturated heterocycles. The van der Waals surface area contributed by atoms with Crippen LogP contribution in [0.2, 0.25) is 0 Å². The van der Waals surface area contributed by atoms with Gasteiger partial charge in [0.15, 0.2) is 6.61 Å². The van der Waals surface area contributed by atoms with Crippen molar-refractivity contribution in [2.24, 2.45) is 0 Å². The molecule has 3 aromatic rings. The quantitative estimate of drug-likeness (QED) is 0.436. The van der Waals surface area contributed by atoms with Crippen LogP contribution in [0.4, 0.5) is 22.0 Å². The Morgan fingerprint density at radius 3 is 2.62 bits per heavy atom. The second-order valence-electron chi connectivity index (χ2n) is 6.53. The van der Waals surface area contributed by atoms with Crippen LogP contribution in [0.25, 0.3) is 10.9 Å². The van der Waals surface area contributed by atoms with Gasteiger partial charge in [0.1, 0.15) is 11.6 Å². The number of ether oxygens (including phenoxy) is 1. The summed E-state index contributed by atoms with van der Waals surface area (Å²) in [5.74, 6) is -4.43. The van der Waals surface area contributed by atoms with Gasteiger partial charge in [-0.3, -0.25) is 0 Å². The Bertz CT molecular complexity index is 948. The van der Waals surface area contributed by atoms with Crippen molar-refractivity contribution in [2.45, 2.75) is 31.9 Å². The monoisotopic (exact) mass is 434 g/mol. The van der Waals surface area contributed by atoms with E-state index in [0.717, 1.165) is 16.5 Å². The van der Waals surface area contributed by atoms with E-state index in [0.29, 0.717) is 12.1 Å². The molecule has 0 aliphatic rings. The number of alkyl halides is 4. The lowest BCUT2D eigenvalue weighted by Gasteiger charge is -2.17. The molecule has 0 aliphatic carbocycles. The van der Waals surface area contributed by atoms with Crippen LogP contribution >= 0.6 is 12.4 Å². The fourth-order valence-corrected chi connectivity index (χ4v) is 2.85. The topological polar surface area (TPSA) is 37.0 Å². The van der Waals surface area contributed by atoms with Gasteiger partial charge >= 0.3 is 12.3 Å². The van der Waals surface area contributed by atoms with Crippen molar-refractivity contribution in [1.82, 2.24) is 10.3 Å². The van der Waals surface area contributed by atoms with Crippen molar-refractivity contribution in [3.8, 4) is 5.75 Å². The molecule has 0 radical (unpaired) electrons. The van der Waals surface area contributed by atoms with Crippen molar-refractivity contribution in [3.05, 3.63) is 65.6 Å². The van der Waals surface area contributed by atoms with Crippen molar-refractivity contribution < 1.29 is 26.7 Å². The van der Waals surface area contributed by atoms with Gasteiger partial charge in [0.25, 0.3) is 0 Å². The van der Waals surface area contributed by atoms with Crippen LogP contribution in [-0.2, 0) is 6.54 Å². The number of halogens is 6. The van der Waals surface area contributed by atoms with Gasteiger partial charge in [0, 0.05) is 29.7 Å². The predicted octanol–water partition coefficient (Wildman–Crippen LogP) is 5.86. The average Bonchev–Trinajstić information content (AvgIpc) is 3.08. The minimum Gasteiger partial charge on any atom is -0.487 e. The van der Waals surface area contributed by atoms with Gasteiger partial charge in [-0.2, -0.15) is 8.78 Å². The summed E-state index contributed by atoms with van der Waals surface area (Å²) in [6.45, 7) is 0.955. The maximum atomic E-state index is 13.3. The maximum absolute atomic E-state index is 13.3. The summed E-state index contributed by atoms with van der Waals surface area (Å²) < 4.78 is 68.5. The molecule has 29 heavy (non-hydrogen) atoms. The number of aromatic nitrogens is 1. The Balaban J connectivity index is 0.00000300. The van der Waals surface area contributed by atoms with Crippen LogP contribution in [-0.4, -0.2) is 23.9 Å². The van der Waals surface area contributed by atoms with E-state index in [1.54, 1.807) is 24.4 Å². The van der Waals surface area contributed by atoms with Crippen LogP contribution in [0.1, 0.15) is 24.1 Å². The molecule has 2 aromatic carbocycles. The van der Waals surface area contributed by atoms with Crippen molar-refractivity contribution >= 4 is 23.3 Å². The van der Waals surface area contributed by atoms with E-state index in [2.05, 4.69) is 10.3 Å². The second-order valence-corrected chi connectivity index (χ2v) is 6.53. The van der Waals surface area contributed by atoms with E-state index < -0.39 is 19.0 Å². The smallest absolute Gasteiger partial charge is 0.340 e.